The maximum Gasteiger partial charge on any atom is 0.356 e. The van der Waals surface area contributed by atoms with Crippen LogP contribution in [0.25, 0.3) is 0 Å². The number of nitrogens with zero attached hydrogens (tertiary/aromatic N) is 1. The van der Waals surface area contributed by atoms with Crippen molar-refractivity contribution >= 4 is 16.0 Å². The topological polar surface area (TPSA) is 65.4 Å². The number of methoxy groups -OCH3 is 1. The summed E-state index contributed by atoms with van der Waals surface area (Å²) in [6.45, 7) is 3.42. The van der Waals surface area contributed by atoms with Crippen LogP contribution in [0.5, 0.6) is 0 Å². The summed E-state index contributed by atoms with van der Waals surface area (Å²) in [6.07, 6.45) is 2.45. The van der Waals surface area contributed by atoms with Gasteiger partial charge in [-0.15, -0.1) is 0 Å². The van der Waals surface area contributed by atoms with Crippen LogP contribution in [0.2, 0.25) is 0 Å². The molecule has 0 aliphatic heterocycles. The maximum atomic E-state index is 11.4. The number of esters is 1. The first kappa shape index (κ1) is 11.8. The van der Waals surface area contributed by atoms with Gasteiger partial charge < -0.3 is 4.74 Å². The molecule has 0 fully saturated rings. The predicted molar refractivity (Wildman–Crippen MR) is 55.5 cm³/mol. The van der Waals surface area contributed by atoms with Crippen LogP contribution >= 0.6 is 0 Å². The quantitative estimate of drug-likeness (QED) is 0.703. The molecule has 0 aliphatic carbocycles. The highest BCUT2D eigenvalue weighted by molar-refractivity contribution is 7.89. The van der Waals surface area contributed by atoms with Gasteiger partial charge in [-0.1, -0.05) is 0 Å². The molecule has 0 spiro atoms. The monoisotopic (exact) mass is 231 g/mol. The summed E-state index contributed by atoms with van der Waals surface area (Å²) in [6, 6.07) is 0. The van der Waals surface area contributed by atoms with Gasteiger partial charge >= 0.3 is 5.97 Å². The van der Waals surface area contributed by atoms with E-state index in [-0.39, 0.29) is 5.69 Å². The zero-order valence-corrected chi connectivity index (χ0v) is 9.88. The van der Waals surface area contributed by atoms with Crippen molar-refractivity contribution in [3.63, 3.8) is 0 Å². The third-order valence-electron chi connectivity index (χ3n) is 2.21. The molecule has 0 atom stereocenters. The molecule has 1 aromatic heterocycles. The lowest BCUT2D eigenvalue weighted by Crippen LogP contribution is -2.17. The van der Waals surface area contributed by atoms with Crippen LogP contribution in [0, 0.1) is 13.8 Å². The second-order valence-electron chi connectivity index (χ2n) is 3.34. The van der Waals surface area contributed by atoms with Gasteiger partial charge in [-0.05, 0) is 25.0 Å². The van der Waals surface area contributed by atoms with E-state index in [0.29, 0.717) is 5.56 Å². The number of hydrogen-bond donors (Lipinski definition) is 0. The molecule has 0 N–H and O–H groups in total. The lowest BCUT2D eigenvalue weighted by Gasteiger charge is -2.05. The Morgan fingerprint density at radius 3 is 2.33 bits per heavy atom. The van der Waals surface area contributed by atoms with Crippen LogP contribution in [0.4, 0.5) is 0 Å². The van der Waals surface area contributed by atoms with E-state index in [4.69, 9.17) is 0 Å². The number of carbonyl (C=O) groups excluding carboxylic acids is 1. The standard InChI is InChI=1S/C9H13NO4S/c1-6-5-10(15(4,12)13)8(7(6)2)9(11)14-3/h5H,1-4H3. The van der Waals surface area contributed by atoms with Gasteiger partial charge in [0.25, 0.3) is 0 Å². The Morgan fingerprint density at radius 2 is 1.93 bits per heavy atom. The zero-order chi connectivity index (χ0) is 11.8. The Labute approximate surface area is 88.7 Å². The van der Waals surface area contributed by atoms with Gasteiger partial charge in [0, 0.05) is 6.20 Å². The predicted octanol–water partition coefficient (Wildman–Crippen LogP) is 0.699. The second-order valence-corrected chi connectivity index (χ2v) is 5.20. The summed E-state index contributed by atoms with van der Waals surface area (Å²) in [5.41, 5.74) is 1.42. The number of rotatable bonds is 2. The molecule has 5 nitrogen and oxygen atoms in total. The zero-order valence-electron chi connectivity index (χ0n) is 9.07. The van der Waals surface area contributed by atoms with Crippen LogP contribution in [0.15, 0.2) is 6.20 Å². The van der Waals surface area contributed by atoms with Gasteiger partial charge in [-0.25, -0.2) is 17.2 Å². The minimum absolute atomic E-state index is 0.0671. The van der Waals surface area contributed by atoms with Crippen molar-refractivity contribution in [2.75, 3.05) is 13.4 Å². The molecule has 6 heteroatoms. The molecule has 0 aromatic carbocycles. The minimum atomic E-state index is -3.47. The van der Waals surface area contributed by atoms with Crippen LogP contribution < -0.4 is 0 Å². The fourth-order valence-corrected chi connectivity index (χ4v) is 2.18. The highest BCUT2D eigenvalue weighted by Gasteiger charge is 2.22. The number of ether oxygens (including phenoxy) is 1. The summed E-state index contributed by atoms with van der Waals surface area (Å²) >= 11 is 0. The Kier molecular flexibility index (Phi) is 2.90. The highest BCUT2D eigenvalue weighted by atomic mass is 32.2. The summed E-state index contributed by atoms with van der Waals surface area (Å²) < 4.78 is 28.3. The SMILES string of the molecule is COC(=O)c1c(C)c(C)cn1S(C)(=O)=O. The molecule has 0 radical (unpaired) electrons. The van der Waals surface area contributed by atoms with Crippen molar-refractivity contribution in [3.05, 3.63) is 23.0 Å². The molecule has 0 saturated carbocycles. The molecular formula is C9H13NO4S. The highest BCUT2D eigenvalue weighted by Crippen LogP contribution is 2.18. The van der Waals surface area contributed by atoms with Crippen molar-refractivity contribution in [2.24, 2.45) is 0 Å². The second kappa shape index (κ2) is 3.69. The minimum Gasteiger partial charge on any atom is -0.464 e. The van der Waals surface area contributed by atoms with Crippen LogP contribution in [-0.2, 0) is 14.8 Å². The third-order valence-corrected chi connectivity index (χ3v) is 3.22. The van der Waals surface area contributed by atoms with E-state index in [2.05, 4.69) is 4.74 Å². The van der Waals surface area contributed by atoms with Crippen LogP contribution in [0.1, 0.15) is 21.6 Å². The first-order valence-corrected chi connectivity index (χ1v) is 6.11. The van der Waals surface area contributed by atoms with Crippen LogP contribution in [-0.4, -0.2) is 31.7 Å². The summed E-state index contributed by atoms with van der Waals surface area (Å²) in [4.78, 5) is 11.4. The molecule has 15 heavy (non-hydrogen) atoms. The number of aryl methyl sites for hydroxylation is 1. The average molecular weight is 231 g/mol. The summed E-state index contributed by atoms with van der Waals surface area (Å²) in [5.74, 6) is -0.647. The fraction of sp³-hybridized carbons (Fsp3) is 0.444. The fourth-order valence-electron chi connectivity index (χ4n) is 1.29. The maximum absolute atomic E-state index is 11.4. The van der Waals surface area contributed by atoms with Gasteiger partial charge in [0.2, 0.25) is 10.0 Å². The van der Waals surface area contributed by atoms with E-state index in [1.165, 1.54) is 13.3 Å². The van der Waals surface area contributed by atoms with E-state index in [1.54, 1.807) is 13.8 Å². The molecule has 0 bridgehead atoms. The van der Waals surface area contributed by atoms with E-state index < -0.39 is 16.0 Å². The van der Waals surface area contributed by atoms with Gasteiger partial charge in [0.05, 0.1) is 13.4 Å². The molecule has 0 unspecified atom stereocenters. The normalized spacial score (nSPS) is 11.5. The lowest BCUT2D eigenvalue weighted by molar-refractivity contribution is 0.0592. The molecule has 0 aliphatic rings. The van der Waals surface area contributed by atoms with Crippen LogP contribution in [0.3, 0.4) is 0 Å². The van der Waals surface area contributed by atoms with Gasteiger partial charge in [-0.2, -0.15) is 0 Å². The Morgan fingerprint density at radius 1 is 1.40 bits per heavy atom. The van der Waals surface area contributed by atoms with E-state index in [1.807, 2.05) is 0 Å². The summed E-state index contributed by atoms with van der Waals surface area (Å²) in [7, 11) is -2.26. The lowest BCUT2D eigenvalue weighted by atomic mass is 10.2. The van der Waals surface area contributed by atoms with Crippen molar-refractivity contribution < 1.29 is 17.9 Å². The van der Waals surface area contributed by atoms with Crippen molar-refractivity contribution in [1.82, 2.24) is 3.97 Å². The Balaban J connectivity index is 3.55. The summed E-state index contributed by atoms with van der Waals surface area (Å²) in [5, 5.41) is 0. The molecule has 1 aromatic rings. The first-order chi connectivity index (χ1) is 6.79. The van der Waals surface area contributed by atoms with E-state index in [0.717, 1.165) is 15.8 Å². The average Bonchev–Trinajstić information content (AvgIpc) is 2.42. The van der Waals surface area contributed by atoms with Gasteiger partial charge in [-0.3, -0.25) is 0 Å². The molecule has 1 heterocycles. The molecule has 0 saturated heterocycles. The number of carbonyl (C=O) groups is 1. The van der Waals surface area contributed by atoms with Crippen molar-refractivity contribution in [2.45, 2.75) is 13.8 Å². The van der Waals surface area contributed by atoms with Crippen molar-refractivity contribution in [3.8, 4) is 0 Å². The Bertz CT molecular complexity index is 498. The first-order valence-electron chi connectivity index (χ1n) is 4.26. The molecule has 1 rings (SSSR count). The smallest absolute Gasteiger partial charge is 0.356 e. The van der Waals surface area contributed by atoms with Crippen molar-refractivity contribution in [1.29, 1.82) is 0 Å². The van der Waals surface area contributed by atoms with Gasteiger partial charge in [0.15, 0.2) is 0 Å². The van der Waals surface area contributed by atoms with Gasteiger partial charge in [0.1, 0.15) is 5.69 Å². The van der Waals surface area contributed by atoms with E-state index >= 15 is 0 Å². The molecular weight excluding hydrogens is 218 g/mol. The third kappa shape index (κ3) is 2.04. The largest absolute Gasteiger partial charge is 0.464 e. The number of aromatic nitrogens is 1. The molecule has 84 valence electrons. The molecule has 0 amide bonds. The number of hydrogen-bond acceptors (Lipinski definition) is 4. The van der Waals surface area contributed by atoms with E-state index in [9.17, 15) is 13.2 Å². The Hall–Kier alpha value is -1.30.